The summed E-state index contributed by atoms with van der Waals surface area (Å²) in [6.45, 7) is 2.61. The summed E-state index contributed by atoms with van der Waals surface area (Å²) in [4.78, 5) is 0. The maximum atomic E-state index is 6.03. The van der Waals surface area contributed by atoms with E-state index in [1.54, 1.807) is 7.11 Å². The molecule has 0 saturated heterocycles. The van der Waals surface area contributed by atoms with Gasteiger partial charge in [0, 0.05) is 11.6 Å². The summed E-state index contributed by atoms with van der Waals surface area (Å²) in [5, 5.41) is 0. The molecule has 1 aliphatic rings. The Morgan fingerprint density at radius 2 is 2.00 bits per heavy atom. The Balaban J connectivity index is 2.02. The number of rotatable bonds is 5. The van der Waals surface area contributed by atoms with Gasteiger partial charge in [-0.1, -0.05) is 25.3 Å². The highest BCUT2D eigenvalue weighted by Crippen LogP contribution is 2.26. The van der Waals surface area contributed by atoms with Crippen LogP contribution in [0.4, 0.5) is 0 Å². The predicted molar refractivity (Wildman–Crippen MR) is 77.3 cm³/mol. The van der Waals surface area contributed by atoms with Crippen molar-refractivity contribution in [3.05, 3.63) is 29.3 Å². The second kappa shape index (κ2) is 6.92. The fourth-order valence-corrected chi connectivity index (χ4v) is 2.63. The number of methoxy groups -OCH3 is 1. The predicted octanol–water partition coefficient (Wildman–Crippen LogP) is 3.56. The van der Waals surface area contributed by atoms with Crippen LogP contribution in [-0.2, 0) is 11.3 Å². The molecule has 0 radical (unpaired) electrons. The van der Waals surface area contributed by atoms with Crippen LogP contribution in [-0.4, -0.2) is 13.2 Å². The molecular weight excluding hydrogens is 238 g/mol. The van der Waals surface area contributed by atoms with Crippen LogP contribution < -0.4 is 10.5 Å². The zero-order chi connectivity index (χ0) is 13.7. The molecule has 0 amide bonds. The van der Waals surface area contributed by atoms with E-state index < -0.39 is 0 Å². The summed E-state index contributed by atoms with van der Waals surface area (Å²) < 4.78 is 11.4. The lowest BCUT2D eigenvalue weighted by Crippen LogP contribution is -2.16. The highest BCUT2D eigenvalue weighted by molar-refractivity contribution is 5.37. The van der Waals surface area contributed by atoms with Crippen molar-refractivity contribution >= 4 is 0 Å². The number of hydrogen-bond acceptors (Lipinski definition) is 3. The molecule has 19 heavy (non-hydrogen) atoms. The average molecular weight is 263 g/mol. The van der Waals surface area contributed by atoms with Crippen molar-refractivity contribution in [2.75, 3.05) is 7.11 Å². The van der Waals surface area contributed by atoms with Crippen molar-refractivity contribution < 1.29 is 9.47 Å². The zero-order valence-electron chi connectivity index (χ0n) is 12.0. The van der Waals surface area contributed by atoms with Crippen LogP contribution in [0, 0.1) is 0 Å². The Bertz CT molecular complexity index is 398. The smallest absolute Gasteiger partial charge is 0.124 e. The van der Waals surface area contributed by atoms with Gasteiger partial charge in [-0.2, -0.15) is 0 Å². The minimum atomic E-state index is 0.0411. The van der Waals surface area contributed by atoms with E-state index in [0.29, 0.717) is 12.7 Å². The molecule has 106 valence electrons. The second-order valence-corrected chi connectivity index (χ2v) is 5.43. The normalized spacial score (nSPS) is 18.3. The van der Waals surface area contributed by atoms with Crippen LogP contribution in [0.25, 0.3) is 0 Å². The van der Waals surface area contributed by atoms with E-state index in [-0.39, 0.29) is 6.04 Å². The summed E-state index contributed by atoms with van der Waals surface area (Å²) in [5.74, 6) is 0.889. The van der Waals surface area contributed by atoms with Crippen LogP contribution in [0.15, 0.2) is 18.2 Å². The third-order valence-corrected chi connectivity index (χ3v) is 3.86. The fraction of sp³-hybridized carbons (Fsp3) is 0.625. The van der Waals surface area contributed by atoms with Gasteiger partial charge in [0.05, 0.1) is 19.8 Å². The molecule has 1 aliphatic carbocycles. The van der Waals surface area contributed by atoms with Crippen molar-refractivity contribution in [1.29, 1.82) is 0 Å². The van der Waals surface area contributed by atoms with E-state index in [1.165, 1.54) is 32.1 Å². The van der Waals surface area contributed by atoms with Crippen LogP contribution in [0.2, 0.25) is 0 Å². The van der Waals surface area contributed by atoms with Crippen LogP contribution in [0.3, 0.4) is 0 Å². The van der Waals surface area contributed by atoms with Crippen molar-refractivity contribution in [1.82, 2.24) is 0 Å². The molecule has 0 heterocycles. The quantitative estimate of drug-likeness (QED) is 0.883. The van der Waals surface area contributed by atoms with E-state index in [0.717, 1.165) is 16.9 Å². The molecule has 0 aliphatic heterocycles. The Morgan fingerprint density at radius 1 is 1.26 bits per heavy atom. The highest BCUT2D eigenvalue weighted by atomic mass is 16.5. The Morgan fingerprint density at radius 3 is 2.63 bits per heavy atom. The highest BCUT2D eigenvalue weighted by Gasteiger charge is 2.15. The first-order valence-electron chi connectivity index (χ1n) is 7.24. The molecular formula is C16H25NO2. The second-order valence-electron chi connectivity index (χ2n) is 5.43. The summed E-state index contributed by atoms with van der Waals surface area (Å²) in [7, 11) is 1.70. The van der Waals surface area contributed by atoms with Crippen molar-refractivity contribution in [2.24, 2.45) is 5.73 Å². The minimum Gasteiger partial charge on any atom is -0.496 e. The molecule has 3 nitrogen and oxygen atoms in total. The van der Waals surface area contributed by atoms with E-state index in [2.05, 4.69) is 6.07 Å². The van der Waals surface area contributed by atoms with E-state index >= 15 is 0 Å². The lowest BCUT2D eigenvalue weighted by Gasteiger charge is -2.22. The van der Waals surface area contributed by atoms with Gasteiger partial charge in [-0.15, -0.1) is 0 Å². The van der Waals surface area contributed by atoms with Crippen LogP contribution >= 0.6 is 0 Å². The van der Waals surface area contributed by atoms with Gasteiger partial charge < -0.3 is 15.2 Å². The van der Waals surface area contributed by atoms with E-state index in [4.69, 9.17) is 15.2 Å². The molecule has 1 aromatic carbocycles. The molecule has 1 saturated carbocycles. The molecule has 1 unspecified atom stereocenters. The number of ether oxygens (including phenoxy) is 2. The molecule has 1 atom stereocenters. The fourth-order valence-electron chi connectivity index (χ4n) is 2.63. The molecule has 3 heteroatoms. The lowest BCUT2D eigenvalue weighted by atomic mass is 9.98. The van der Waals surface area contributed by atoms with Gasteiger partial charge in [0.1, 0.15) is 5.75 Å². The maximum Gasteiger partial charge on any atom is 0.124 e. The Kier molecular flexibility index (Phi) is 5.23. The van der Waals surface area contributed by atoms with Crippen molar-refractivity contribution in [3.8, 4) is 5.75 Å². The maximum absolute atomic E-state index is 6.03. The zero-order valence-corrected chi connectivity index (χ0v) is 12.0. The summed E-state index contributed by atoms with van der Waals surface area (Å²) in [5.41, 5.74) is 8.16. The van der Waals surface area contributed by atoms with Gasteiger partial charge in [-0.05, 0) is 37.5 Å². The Labute approximate surface area is 116 Å². The topological polar surface area (TPSA) is 44.5 Å². The summed E-state index contributed by atoms with van der Waals surface area (Å²) >= 11 is 0. The molecule has 0 aromatic heterocycles. The third-order valence-electron chi connectivity index (χ3n) is 3.86. The van der Waals surface area contributed by atoms with E-state index in [9.17, 15) is 0 Å². The first kappa shape index (κ1) is 14.4. The largest absolute Gasteiger partial charge is 0.496 e. The number of nitrogens with two attached hydrogens (primary N) is 1. The molecule has 2 rings (SSSR count). The summed E-state index contributed by atoms with van der Waals surface area (Å²) in [6, 6.07) is 6.15. The van der Waals surface area contributed by atoms with Crippen LogP contribution in [0.5, 0.6) is 5.75 Å². The molecule has 0 bridgehead atoms. The first-order valence-corrected chi connectivity index (χ1v) is 7.24. The number of hydrogen-bond donors (Lipinski definition) is 1. The molecule has 1 fully saturated rings. The standard InChI is InChI=1S/C16H25NO2/c1-12(17)13-8-9-16(18-2)14(10-13)11-19-15-6-4-3-5-7-15/h8-10,12,15H,3-7,11,17H2,1-2H3. The lowest BCUT2D eigenvalue weighted by molar-refractivity contribution is 0.0160. The third kappa shape index (κ3) is 3.95. The Hall–Kier alpha value is -1.06. The van der Waals surface area contributed by atoms with Crippen molar-refractivity contribution in [3.63, 3.8) is 0 Å². The van der Waals surface area contributed by atoms with Crippen LogP contribution in [0.1, 0.15) is 56.2 Å². The molecule has 0 spiro atoms. The summed E-state index contributed by atoms with van der Waals surface area (Å²) in [6.07, 6.45) is 6.73. The van der Waals surface area contributed by atoms with Crippen molar-refractivity contribution in [2.45, 2.75) is 57.8 Å². The molecule has 1 aromatic rings. The van der Waals surface area contributed by atoms with Gasteiger partial charge in [0.2, 0.25) is 0 Å². The van der Waals surface area contributed by atoms with Gasteiger partial charge in [-0.3, -0.25) is 0 Å². The molecule has 2 N–H and O–H groups in total. The van der Waals surface area contributed by atoms with E-state index in [1.807, 2.05) is 19.1 Å². The first-order chi connectivity index (χ1) is 9.20. The minimum absolute atomic E-state index is 0.0411. The van der Waals surface area contributed by atoms with Gasteiger partial charge in [0.25, 0.3) is 0 Å². The van der Waals surface area contributed by atoms with Gasteiger partial charge in [-0.25, -0.2) is 0 Å². The van der Waals surface area contributed by atoms with Gasteiger partial charge in [0.15, 0.2) is 0 Å². The monoisotopic (exact) mass is 263 g/mol. The number of benzene rings is 1. The average Bonchev–Trinajstić information content (AvgIpc) is 2.45. The van der Waals surface area contributed by atoms with Gasteiger partial charge >= 0.3 is 0 Å². The SMILES string of the molecule is COc1ccc(C(C)N)cc1COC1CCCCC1.